The number of furan rings is 1. The fourth-order valence-corrected chi connectivity index (χ4v) is 3.18. The van der Waals surface area contributed by atoms with Gasteiger partial charge in [-0.3, -0.25) is 0 Å². The van der Waals surface area contributed by atoms with Gasteiger partial charge in [-0.05, 0) is 41.1 Å². The maximum absolute atomic E-state index is 6.17. The van der Waals surface area contributed by atoms with Crippen LogP contribution in [0.4, 0.5) is 0 Å². The van der Waals surface area contributed by atoms with Gasteiger partial charge in [0.25, 0.3) is 0 Å². The summed E-state index contributed by atoms with van der Waals surface area (Å²) in [7, 11) is 1.83. The van der Waals surface area contributed by atoms with Crippen LogP contribution in [0.2, 0.25) is 5.02 Å². The fourth-order valence-electron chi connectivity index (χ4n) is 2.26. The van der Waals surface area contributed by atoms with E-state index in [1.54, 1.807) is 16.4 Å². The number of rotatable bonds is 7. The maximum Gasteiger partial charge on any atom is 0.209 e. The van der Waals surface area contributed by atoms with Crippen molar-refractivity contribution in [3.63, 3.8) is 0 Å². The molecule has 6 nitrogen and oxygen atoms in total. The second kappa shape index (κ2) is 7.83. The van der Waals surface area contributed by atoms with Crippen molar-refractivity contribution in [3.8, 4) is 11.3 Å². The number of thioether (sulfide) groups is 1. The molecule has 0 atom stereocenters. The normalized spacial score (nSPS) is 11.1. The second-order valence-electron chi connectivity index (χ2n) is 5.29. The molecular formula is C16H18ClN5OS. The zero-order valence-corrected chi connectivity index (χ0v) is 15.1. The highest BCUT2D eigenvalue weighted by molar-refractivity contribution is 7.99. The third-order valence-corrected chi connectivity index (χ3v) is 5.01. The number of hydrogen-bond acceptors (Lipinski definition) is 6. The molecule has 2 aromatic heterocycles. The van der Waals surface area contributed by atoms with Crippen molar-refractivity contribution in [2.45, 2.75) is 18.6 Å². The summed E-state index contributed by atoms with van der Waals surface area (Å²) < 4.78 is 7.58. The van der Waals surface area contributed by atoms with Crippen molar-refractivity contribution in [2.24, 2.45) is 7.05 Å². The summed E-state index contributed by atoms with van der Waals surface area (Å²) in [6, 6.07) is 9.81. The Hall–Kier alpha value is -1.83. The monoisotopic (exact) mass is 363 g/mol. The van der Waals surface area contributed by atoms with Crippen molar-refractivity contribution in [2.75, 3.05) is 12.3 Å². The summed E-state index contributed by atoms with van der Waals surface area (Å²) in [5.41, 5.74) is 2.06. The molecule has 0 amide bonds. The molecule has 0 bridgehead atoms. The first-order valence-corrected chi connectivity index (χ1v) is 8.91. The van der Waals surface area contributed by atoms with E-state index in [0.29, 0.717) is 6.54 Å². The Morgan fingerprint density at radius 3 is 2.96 bits per heavy atom. The fraction of sp³-hybridized carbons (Fsp3) is 0.312. The van der Waals surface area contributed by atoms with Gasteiger partial charge in [-0.25, -0.2) is 4.68 Å². The average Bonchev–Trinajstić information content (AvgIpc) is 3.19. The molecule has 0 aliphatic carbocycles. The van der Waals surface area contributed by atoms with Crippen molar-refractivity contribution >= 4 is 23.4 Å². The molecule has 1 aromatic carbocycles. The molecule has 0 fully saturated rings. The molecule has 0 aliphatic heterocycles. The van der Waals surface area contributed by atoms with E-state index in [-0.39, 0.29) is 0 Å². The number of halogens is 1. The van der Waals surface area contributed by atoms with Gasteiger partial charge >= 0.3 is 0 Å². The third kappa shape index (κ3) is 3.98. The van der Waals surface area contributed by atoms with E-state index in [4.69, 9.17) is 16.0 Å². The van der Waals surface area contributed by atoms with E-state index >= 15 is 0 Å². The highest BCUT2D eigenvalue weighted by Crippen LogP contribution is 2.29. The molecular weight excluding hydrogens is 346 g/mol. The van der Waals surface area contributed by atoms with Gasteiger partial charge in [-0.15, -0.1) is 5.10 Å². The third-order valence-electron chi connectivity index (χ3n) is 3.59. The second-order valence-corrected chi connectivity index (χ2v) is 6.76. The van der Waals surface area contributed by atoms with Gasteiger partial charge in [-0.2, -0.15) is 0 Å². The van der Waals surface area contributed by atoms with Crippen LogP contribution >= 0.6 is 23.4 Å². The van der Waals surface area contributed by atoms with Crippen LogP contribution in [0.3, 0.4) is 0 Å². The lowest BCUT2D eigenvalue weighted by Crippen LogP contribution is -2.16. The molecule has 0 saturated heterocycles. The minimum absolute atomic E-state index is 0.678. The predicted octanol–water partition coefficient (Wildman–Crippen LogP) is 3.31. The van der Waals surface area contributed by atoms with Crippen molar-refractivity contribution in [3.05, 3.63) is 46.7 Å². The Balaban J connectivity index is 1.50. The number of hydrogen-bond donors (Lipinski definition) is 1. The molecule has 126 valence electrons. The summed E-state index contributed by atoms with van der Waals surface area (Å²) in [5, 5.41) is 16.3. The number of benzene rings is 1. The van der Waals surface area contributed by atoms with Crippen molar-refractivity contribution in [1.29, 1.82) is 0 Å². The minimum Gasteiger partial charge on any atom is -0.460 e. The molecule has 3 rings (SSSR count). The van der Waals surface area contributed by atoms with E-state index in [1.807, 2.05) is 44.3 Å². The Bertz CT molecular complexity index is 816. The van der Waals surface area contributed by atoms with Crippen molar-refractivity contribution in [1.82, 2.24) is 25.5 Å². The number of aryl methyl sites for hydroxylation is 1. The van der Waals surface area contributed by atoms with Gasteiger partial charge in [-0.1, -0.05) is 35.5 Å². The topological polar surface area (TPSA) is 68.8 Å². The lowest BCUT2D eigenvalue weighted by atomic mass is 10.1. The van der Waals surface area contributed by atoms with Crippen LogP contribution in [0.1, 0.15) is 11.3 Å². The van der Waals surface area contributed by atoms with Crippen LogP contribution in [0, 0.1) is 6.92 Å². The van der Waals surface area contributed by atoms with Crippen LogP contribution < -0.4 is 5.32 Å². The zero-order valence-electron chi connectivity index (χ0n) is 13.5. The first-order valence-electron chi connectivity index (χ1n) is 7.55. The predicted molar refractivity (Wildman–Crippen MR) is 95.1 cm³/mol. The van der Waals surface area contributed by atoms with Gasteiger partial charge in [0.15, 0.2) is 0 Å². The first kappa shape index (κ1) is 17.0. The lowest BCUT2D eigenvalue weighted by molar-refractivity contribution is 0.499. The van der Waals surface area contributed by atoms with Gasteiger partial charge < -0.3 is 9.73 Å². The summed E-state index contributed by atoms with van der Waals surface area (Å²) >= 11 is 7.78. The van der Waals surface area contributed by atoms with Gasteiger partial charge in [0.2, 0.25) is 5.16 Å². The molecule has 0 saturated carbocycles. The van der Waals surface area contributed by atoms with E-state index in [9.17, 15) is 0 Å². The molecule has 0 radical (unpaired) electrons. The van der Waals surface area contributed by atoms with Crippen LogP contribution in [0.25, 0.3) is 11.3 Å². The minimum atomic E-state index is 0.678. The standard InChI is InChI=1S/C16H18ClN5OS/c1-11-13(4-3-5-14(11)17)15-7-6-12(23-15)10-18-8-9-24-16-19-20-21-22(16)2/h3-7,18H,8-10H2,1-2H3. The van der Waals surface area contributed by atoms with Crippen molar-refractivity contribution < 1.29 is 4.42 Å². The number of aromatic nitrogens is 4. The molecule has 0 unspecified atom stereocenters. The molecule has 2 heterocycles. The van der Waals surface area contributed by atoms with Gasteiger partial charge in [0.1, 0.15) is 11.5 Å². The Kier molecular flexibility index (Phi) is 5.55. The lowest BCUT2D eigenvalue weighted by Gasteiger charge is -2.05. The Morgan fingerprint density at radius 1 is 1.29 bits per heavy atom. The van der Waals surface area contributed by atoms with E-state index in [1.165, 1.54) is 0 Å². The van der Waals surface area contributed by atoms with E-state index in [2.05, 4.69) is 20.8 Å². The summed E-state index contributed by atoms with van der Waals surface area (Å²) in [4.78, 5) is 0. The first-order chi connectivity index (χ1) is 11.6. The summed E-state index contributed by atoms with van der Waals surface area (Å²) in [5.74, 6) is 2.62. The van der Waals surface area contributed by atoms with Gasteiger partial charge in [0.05, 0.1) is 6.54 Å². The average molecular weight is 364 g/mol. The zero-order chi connectivity index (χ0) is 16.9. The van der Waals surface area contributed by atoms with Crippen LogP contribution in [0.5, 0.6) is 0 Å². The summed E-state index contributed by atoms with van der Waals surface area (Å²) in [6.45, 7) is 3.51. The highest BCUT2D eigenvalue weighted by atomic mass is 35.5. The number of nitrogens with zero attached hydrogens (tertiary/aromatic N) is 4. The molecule has 0 spiro atoms. The van der Waals surface area contributed by atoms with Crippen LogP contribution in [-0.2, 0) is 13.6 Å². The summed E-state index contributed by atoms with van der Waals surface area (Å²) in [6.07, 6.45) is 0. The molecule has 0 aliphatic rings. The van der Waals surface area contributed by atoms with Gasteiger partial charge in [0, 0.05) is 29.9 Å². The van der Waals surface area contributed by atoms with Crippen LogP contribution in [-0.4, -0.2) is 32.5 Å². The van der Waals surface area contributed by atoms with E-state index in [0.717, 1.165) is 45.1 Å². The largest absolute Gasteiger partial charge is 0.460 e. The Labute approximate surface area is 149 Å². The molecule has 3 aromatic rings. The number of tetrazole rings is 1. The smallest absolute Gasteiger partial charge is 0.209 e. The number of nitrogens with one attached hydrogen (secondary N) is 1. The SMILES string of the molecule is Cc1c(Cl)cccc1-c1ccc(CNCCSc2nnnn2C)o1. The van der Waals surface area contributed by atoms with E-state index < -0.39 is 0 Å². The molecule has 8 heteroatoms. The highest BCUT2D eigenvalue weighted by Gasteiger charge is 2.09. The molecule has 1 N–H and O–H groups in total. The molecule has 24 heavy (non-hydrogen) atoms. The maximum atomic E-state index is 6.17. The van der Waals surface area contributed by atoms with Crippen LogP contribution in [0.15, 0.2) is 39.9 Å². The quantitative estimate of drug-likeness (QED) is 0.513. The Morgan fingerprint density at radius 2 is 2.17 bits per heavy atom.